The molecule has 0 saturated heterocycles. The third kappa shape index (κ3) is 2.25. The van der Waals surface area contributed by atoms with E-state index in [1.165, 1.54) is 34.9 Å². The van der Waals surface area contributed by atoms with Crippen LogP contribution in [0.2, 0.25) is 0 Å². The Morgan fingerprint density at radius 2 is 2.09 bits per heavy atom. The average molecular weight is 292 g/mol. The lowest BCUT2D eigenvalue weighted by molar-refractivity contribution is 0.517. The zero-order valence-corrected chi connectivity index (χ0v) is 12.8. The summed E-state index contributed by atoms with van der Waals surface area (Å²) < 4.78 is 1.83. The second-order valence-electron chi connectivity index (χ2n) is 6.29. The van der Waals surface area contributed by atoms with Gasteiger partial charge in [-0.1, -0.05) is 12.2 Å². The van der Waals surface area contributed by atoms with E-state index in [2.05, 4.69) is 27.7 Å². The van der Waals surface area contributed by atoms with E-state index in [4.69, 9.17) is 0 Å². The van der Waals surface area contributed by atoms with Crippen LogP contribution in [-0.2, 0) is 7.05 Å². The van der Waals surface area contributed by atoms with E-state index in [9.17, 15) is 0 Å². The van der Waals surface area contributed by atoms with Gasteiger partial charge < -0.3 is 4.98 Å². The fourth-order valence-electron chi connectivity index (χ4n) is 3.40. The molecule has 1 N–H and O–H groups in total. The Hall–Kier alpha value is -2.36. The number of H-pyrrole nitrogens is 1. The zero-order chi connectivity index (χ0) is 15.1. The number of aromatic amines is 1. The Bertz CT molecular complexity index is 830. The maximum atomic E-state index is 4.62. The molecule has 112 valence electrons. The first-order valence-electron chi connectivity index (χ1n) is 7.83. The number of nitrogens with zero attached hydrogens (tertiary/aromatic N) is 3. The molecular weight excluding hydrogens is 272 g/mol. The normalized spacial score (nSPS) is 16.5. The molecule has 3 aromatic heterocycles. The Balaban J connectivity index is 1.75. The third-order valence-electron chi connectivity index (χ3n) is 4.73. The van der Waals surface area contributed by atoms with E-state index in [0.29, 0.717) is 5.92 Å². The van der Waals surface area contributed by atoms with Gasteiger partial charge in [-0.25, -0.2) is 4.98 Å². The number of nitrogens with one attached hydrogen (secondary N) is 1. The molecule has 0 atom stereocenters. The summed E-state index contributed by atoms with van der Waals surface area (Å²) in [6.45, 7) is 4.11. The van der Waals surface area contributed by atoms with Crippen LogP contribution >= 0.6 is 0 Å². The van der Waals surface area contributed by atoms with Gasteiger partial charge in [0.1, 0.15) is 5.65 Å². The Kier molecular flexibility index (Phi) is 3.10. The molecule has 0 aliphatic heterocycles. The van der Waals surface area contributed by atoms with Crippen LogP contribution in [-0.4, -0.2) is 19.7 Å². The molecular formula is C18H20N4. The second-order valence-corrected chi connectivity index (χ2v) is 6.29. The number of hydrogen-bond acceptors (Lipinski definition) is 2. The Morgan fingerprint density at radius 3 is 2.82 bits per heavy atom. The predicted octanol–water partition coefficient (Wildman–Crippen LogP) is 4.18. The average Bonchev–Trinajstić information content (AvgIpc) is 3.13. The van der Waals surface area contributed by atoms with Crippen molar-refractivity contribution in [3.63, 3.8) is 0 Å². The van der Waals surface area contributed by atoms with E-state index in [1.54, 1.807) is 0 Å². The number of rotatable bonds is 2. The fourth-order valence-corrected chi connectivity index (χ4v) is 3.40. The highest BCUT2D eigenvalue weighted by atomic mass is 15.2. The van der Waals surface area contributed by atoms with Crippen molar-refractivity contribution in [2.24, 2.45) is 7.05 Å². The largest absolute Gasteiger partial charge is 0.346 e. The van der Waals surface area contributed by atoms with Crippen molar-refractivity contribution in [3.8, 4) is 11.1 Å². The van der Waals surface area contributed by atoms with Gasteiger partial charge in [0, 0.05) is 42.2 Å². The van der Waals surface area contributed by atoms with Crippen LogP contribution in [0.3, 0.4) is 0 Å². The first kappa shape index (κ1) is 13.3. The molecule has 3 heterocycles. The minimum atomic E-state index is 0.610. The second kappa shape index (κ2) is 5.13. The molecule has 1 fully saturated rings. The van der Waals surface area contributed by atoms with Crippen LogP contribution in [0.4, 0.5) is 0 Å². The van der Waals surface area contributed by atoms with Crippen molar-refractivity contribution in [3.05, 3.63) is 48.6 Å². The number of aromatic nitrogens is 4. The molecule has 4 nitrogen and oxygen atoms in total. The summed E-state index contributed by atoms with van der Waals surface area (Å²) in [5.41, 5.74) is 6.00. The van der Waals surface area contributed by atoms with Crippen LogP contribution in [0.1, 0.15) is 37.2 Å². The van der Waals surface area contributed by atoms with Crippen LogP contribution in [0, 0.1) is 0 Å². The summed E-state index contributed by atoms with van der Waals surface area (Å²) in [4.78, 5) is 7.89. The van der Waals surface area contributed by atoms with Gasteiger partial charge in [0.25, 0.3) is 0 Å². The molecule has 0 bridgehead atoms. The first-order chi connectivity index (χ1) is 10.7. The molecule has 22 heavy (non-hydrogen) atoms. The van der Waals surface area contributed by atoms with Crippen molar-refractivity contribution >= 4 is 11.0 Å². The van der Waals surface area contributed by atoms with Gasteiger partial charge in [0.05, 0.1) is 6.20 Å². The molecule has 1 aliphatic carbocycles. The summed E-state index contributed by atoms with van der Waals surface area (Å²) >= 11 is 0. The van der Waals surface area contributed by atoms with Crippen LogP contribution in [0.25, 0.3) is 22.2 Å². The molecule has 4 rings (SSSR count). The van der Waals surface area contributed by atoms with Crippen molar-refractivity contribution < 1.29 is 0 Å². The maximum Gasteiger partial charge on any atom is 0.137 e. The van der Waals surface area contributed by atoms with Gasteiger partial charge in [0.2, 0.25) is 0 Å². The summed E-state index contributed by atoms with van der Waals surface area (Å²) in [6.07, 6.45) is 12.7. The van der Waals surface area contributed by atoms with Crippen LogP contribution in [0.15, 0.2) is 43.0 Å². The van der Waals surface area contributed by atoms with Crippen LogP contribution in [0.5, 0.6) is 0 Å². The minimum Gasteiger partial charge on any atom is -0.346 e. The quantitative estimate of drug-likeness (QED) is 0.720. The molecule has 0 unspecified atom stereocenters. The van der Waals surface area contributed by atoms with E-state index in [0.717, 1.165) is 24.1 Å². The topological polar surface area (TPSA) is 46.5 Å². The van der Waals surface area contributed by atoms with E-state index >= 15 is 0 Å². The highest BCUT2D eigenvalue weighted by molar-refractivity contribution is 5.93. The molecule has 1 aliphatic rings. The van der Waals surface area contributed by atoms with Gasteiger partial charge in [0.15, 0.2) is 0 Å². The Labute approximate surface area is 129 Å². The molecule has 3 aromatic rings. The SMILES string of the molecule is C=C1CCC(c2cnc3[nH]cc(-c4cnn(C)c4)c3c2)CC1. The smallest absolute Gasteiger partial charge is 0.137 e. The lowest BCUT2D eigenvalue weighted by Gasteiger charge is -2.23. The van der Waals surface area contributed by atoms with Gasteiger partial charge in [-0.2, -0.15) is 5.10 Å². The summed E-state index contributed by atoms with van der Waals surface area (Å²) in [7, 11) is 1.94. The predicted molar refractivity (Wildman–Crippen MR) is 88.6 cm³/mol. The molecule has 4 heteroatoms. The third-order valence-corrected chi connectivity index (χ3v) is 4.73. The standard InChI is InChI=1S/C18H20N4/c1-12-3-5-13(6-4-12)14-7-16-17(10-20-18(16)19-8-14)15-9-21-22(2)11-15/h7-11,13H,1,3-6H2,2H3,(H,19,20). The fraction of sp³-hybridized carbons (Fsp3) is 0.333. The number of allylic oxidation sites excluding steroid dienone is 1. The monoisotopic (exact) mass is 292 g/mol. The van der Waals surface area contributed by atoms with Crippen LogP contribution < -0.4 is 0 Å². The highest BCUT2D eigenvalue weighted by Gasteiger charge is 2.19. The summed E-state index contributed by atoms with van der Waals surface area (Å²) in [5, 5.41) is 5.46. The number of fused-ring (bicyclic) bond motifs is 1. The van der Waals surface area contributed by atoms with Crippen molar-refractivity contribution in [2.75, 3.05) is 0 Å². The van der Waals surface area contributed by atoms with Gasteiger partial charge in [-0.3, -0.25) is 4.68 Å². The minimum absolute atomic E-state index is 0.610. The van der Waals surface area contributed by atoms with E-state index in [-0.39, 0.29) is 0 Å². The van der Waals surface area contributed by atoms with Gasteiger partial charge >= 0.3 is 0 Å². The van der Waals surface area contributed by atoms with Crippen molar-refractivity contribution in [1.82, 2.24) is 19.7 Å². The zero-order valence-electron chi connectivity index (χ0n) is 12.8. The number of hydrogen-bond donors (Lipinski definition) is 1. The number of aryl methyl sites for hydroxylation is 1. The molecule has 1 saturated carbocycles. The lowest BCUT2D eigenvalue weighted by Crippen LogP contribution is -2.06. The van der Waals surface area contributed by atoms with E-state index in [1.807, 2.05) is 36.5 Å². The molecule has 0 amide bonds. The number of pyridine rings is 1. The summed E-state index contributed by atoms with van der Waals surface area (Å²) in [5.74, 6) is 0.610. The molecule has 0 aromatic carbocycles. The van der Waals surface area contributed by atoms with E-state index < -0.39 is 0 Å². The lowest BCUT2D eigenvalue weighted by atomic mass is 9.82. The first-order valence-corrected chi connectivity index (χ1v) is 7.83. The molecule has 0 radical (unpaired) electrons. The van der Waals surface area contributed by atoms with Gasteiger partial charge in [-0.05, 0) is 43.2 Å². The maximum absolute atomic E-state index is 4.62. The Morgan fingerprint density at radius 1 is 1.27 bits per heavy atom. The highest BCUT2D eigenvalue weighted by Crippen LogP contribution is 2.36. The summed E-state index contributed by atoms with van der Waals surface area (Å²) in [6, 6.07) is 2.31. The van der Waals surface area contributed by atoms with Crippen molar-refractivity contribution in [1.29, 1.82) is 0 Å². The van der Waals surface area contributed by atoms with Gasteiger partial charge in [-0.15, -0.1) is 0 Å². The van der Waals surface area contributed by atoms with Crippen molar-refractivity contribution in [2.45, 2.75) is 31.6 Å². The molecule has 0 spiro atoms.